The van der Waals surface area contributed by atoms with E-state index in [-0.39, 0.29) is 5.91 Å². The summed E-state index contributed by atoms with van der Waals surface area (Å²) in [6, 6.07) is 12.8. The number of rotatable bonds is 3. The van der Waals surface area contributed by atoms with Crippen molar-refractivity contribution in [3.8, 4) is 5.75 Å². The first-order valence-electron chi connectivity index (χ1n) is 7.51. The van der Waals surface area contributed by atoms with Crippen molar-refractivity contribution in [1.29, 1.82) is 0 Å². The Balaban J connectivity index is 1.98. The largest absolute Gasteiger partial charge is 0.497 e. The minimum absolute atomic E-state index is 0.199. The third-order valence-electron chi connectivity index (χ3n) is 3.89. The maximum atomic E-state index is 12.7. The Labute approximate surface area is 145 Å². The van der Waals surface area contributed by atoms with Crippen LogP contribution in [0.4, 0.5) is 5.69 Å². The highest BCUT2D eigenvalue weighted by atomic mass is 35.5. The van der Waals surface area contributed by atoms with Crippen molar-refractivity contribution in [3.05, 3.63) is 64.3 Å². The fourth-order valence-corrected chi connectivity index (χ4v) is 2.79. The van der Waals surface area contributed by atoms with Gasteiger partial charge >= 0.3 is 0 Å². The summed E-state index contributed by atoms with van der Waals surface area (Å²) in [6.45, 7) is 3.73. The molecular formula is C19H17ClN2O2. The fraction of sp³-hybridized carbons (Fsp3) is 0.158. The molecule has 1 aromatic heterocycles. The average molecular weight is 341 g/mol. The summed E-state index contributed by atoms with van der Waals surface area (Å²) in [6.07, 6.45) is 0. The molecule has 4 nitrogen and oxygen atoms in total. The molecule has 0 atom stereocenters. The van der Waals surface area contributed by atoms with E-state index in [1.807, 2.05) is 44.2 Å². The standard InChI is InChI=1S/C19H17ClN2O2/c1-11-8-14(20)4-6-17(11)22-19(23)16-10-13-9-15(24-3)5-7-18(13)21-12(16)2/h4-10H,1-3H3,(H,22,23). The number of halogens is 1. The minimum atomic E-state index is -0.199. The van der Waals surface area contributed by atoms with Crippen LogP contribution in [0.15, 0.2) is 42.5 Å². The van der Waals surface area contributed by atoms with Gasteiger partial charge in [-0.15, -0.1) is 0 Å². The predicted molar refractivity (Wildman–Crippen MR) is 97.2 cm³/mol. The van der Waals surface area contributed by atoms with Gasteiger partial charge in [-0.25, -0.2) is 0 Å². The van der Waals surface area contributed by atoms with Crippen molar-refractivity contribution >= 4 is 34.1 Å². The number of aryl methyl sites for hydroxylation is 2. The number of carbonyl (C=O) groups excluding carboxylic acids is 1. The van der Waals surface area contributed by atoms with Gasteiger partial charge < -0.3 is 10.1 Å². The van der Waals surface area contributed by atoms with Crippen LogP contribution < -0.4 is 10.1 Å². The van der Waals surface area contributed by atoms with E-state index in [2.05, 4.69) is 10.3 Å². The molecule has 5 heteroatoms. The predicted octanol–water partition coefficient (Wildman–Crippen LogP) is 4.77. The third-order valence-corrected chi connectivity index (χ3v) is 4.13. The summed E-state index contributed by atoms with van der Waals surface area (Å²) in [4.78, 5) is 17.2. The lowest BCUT2D eigenvalue weighted by molar-refractivity contribution is 0.102. The van der Waals surface area contributed by atoms with Crippen LogP contribution in [0.5, 0.6) is 5.75 Å². The highest BCUT2D eigenvalue weighted by Gasteiger charge is 2.13. The van der Waals surface area contributed by atoms with E-state index in [0.717, 1.165) is 27.9 Å². The monoisotopic (exact) mass is 340 g/mol. The van der Waals surface area contributed by atoms with Crippen LogP contribution in [0.1, 0.15) is 21.6 Å². The van der Waals surface area contributed by atoms with Gasteiger partial charge in [-0.3, -0.25) is 9.78 Å². The Morgan fingerprint density at radius 3 is 2.62 bits per heavy atom. The molecule has 1 N–H and O–H groups in total. The van der Waals surface area contributed by atoms with Gasteiger partial charge in [0.1, 0.15) is 5.75 Å². The third kappa shape index (κ3) is 3.19. The van der Waals surface area contributed by atoms with Crippen molar-refractivity contribution in [2.24, 2.45) is 0 Å². The normalized spacial score (nSPS) is 10.7. The molecule has 0 saturated heterocycles. The Morgan fingerprint density at radius 1 is 1.12 bits per heavy atom. The van der Waals surface area contributed by atoms with E-state index in [1.54, 1.807) is 19.2 Å². The minimum Gasteiger partial charge on any atom is -0.497 e. The van der Waals surface area contributed by atoms with Gasteiger partial charge in [0.15, 0.2) is 0 Å². The van der Waals surface area contributed by atoms with Crippen molar-refractivity contribution in [3.63, 3.8) is 0 Å². The number of aromatic nitrogens is 1. The topological polar surface area (TPSA) is 51.2 Å². The van der Waals surface area contributed by atoms with E-state index in [4.69, 9.17) is 16.3 Å². The number of pyridine rings is 1. The molecule has 1 amide bonds. The van der Waals surface area contributed by atoms with E-state index < -0.39 is 0 Å². The zero-order valence-electron chi connectivity index (χ0n) is 13.7. The van der Waals surface area contributed by atoms with Gasteiger partial charge in [0.25, 0.3) is 5.91 Å². The van der Waals surface area contributed by atoms with E-state index in [9.17, 15) is 4.79 Å². The van der Waals surface area contributed by atoms with E-state index in [1.165, 1.54) is 0 Å². The molecule has 0 aliphatic rings. The summed E-state index contributed by atoms with van der Waals surface area (Å²) in [5.74, 6) is 0.531. The molecule has 122 valence electrons. The number of hydrogen-bond donors (Lipinski definition) is 1. The van der Waals surface area contributed by atoms with Crippen LogP contribution in [-0.4, -0.2) is 18.0 Å². The van der Waals surface area contributed by atoms with Crippen molar-refractivity contribution < 1.29 is 9.53 Å². The molecule has 0 bridgehead atoms. The molecule has 0 radical (unpaired) electrons. The number of nitrogens with zero attached hydrogens (tertiary/aromatic N) is 1. The Hall–Kier alpha value is -2.59. The number of carbonyl (C=O) groups is 1. The molecule has 2 aromatic carbocycles. The molecule has 0 saturated carbocycles. The Kier molecular flexibility index (Phi) is 4.40. The summed E-state index contributed by atoms with van der Waals surface area (Å²) in [5.41, 5.74) is 3.67. The summed E-state index contributed by atoms with van der Waals surface area (Å²) < 4.78 is 5.23. The van der Waals surface area contributed by atoms with Gasteiger partial charge in [0.05, 0.1) is 23.9 Å². The highest BCUT2D eigenvalue weighted by Crippen LogP contribution is 2.24. The van der Waals surface area contributed by atoms with Crippen LogP contribution in [0.2, 0.25) is 5.02 Å². The first kappa shape index (κ1) is 16.3. The summed E-state index contributed by atoms with van der Waals surface area (Å²) >= 11 is 5.96. The Bertz CT molecular complexity index is 938. The van der Waals surface area contributed by atoms with Crippen LogP contribution in [0, 0.1) is 13.8 Å². The van der Waals surface area contributed by atoms with Gasteiger partial charge in [-0.1, -0.05) is 11.6 Å². The van der Waals surface area contributed by atoms with Crippen LogP contribution >= 0.6 is 11.6 Å². The van der Waals surface area contributed by atoms with E-state index >= 15 is 0 Å². The lowest BCUT2D eigenvalue weighted by Crippen LogP contribution is -2.15. The lowest BCUT2D eigenvalue weighted by atomic mass is 10.1. The molecule has 24 heavy (non-hydrogen) atoms. The molecule has 0 unspecified atom stereocenters. The molecule has 0 fully saturated rings. The molecule has 3 rings (SSSR count). The van der Waals surface area contributed by atoms with Gasteiger partial charge in [0.2, 0.25) is 0 Å². The lowest BCUT2D eigenvalue weighted by Gasteiger charge is -2.11. The second kappa shape index (κ2) is 6.49. The van der Waals surface area contributed by atoms with Crippen LogP contribution in [0.25, 0.3) is 10.9 Å². The molecule has 0 aliphatic heterocycles. The zero-order chi connectivity index (χ0) is 17.3. The van der Waals surface area contributed by atoms with Gasteiger partial charge in [-0.2, -0.15) is 0 Å². The number of nitrogens with one attached hydrogen (secondary N) is 1. The first-order valence-corrected chi connectivity index (χ1v) is 7.88. The van der Waals surface area contributed by atoms with Crippen molar-refractivity contribution in [2.45, 2.75) is 13.8 Å². The fourth-order valence-electron chi connectivity index (χ4n) is 2.56. The maximum Gasteiger partial charge on any atom is 0.257 e. The smallest absolute Gasteiger partial charge is 0.257 e. The average Bonchev–Trinajstić information content (AvgIpc) is 2.56. The second-order valence-corrected chi connectivity index (χ2v) is 6.03. The first-order chi connectivity index (χ1) is 11.5. The van der Waals surface area contributed by atoms with Crippen LogP contribution in [0.3, 0.4) is 0 Å². The quantitative estimate of drug-likeness (QED) is 0.747. The summed E-state index contributed by atoms with van der Waals surface area (Å²) in [5, 5.41) is 4.42. The molecule has 1 heterocycles. The second-order valence-electron chi connectivity index (χ2n) is 5.59. The number of ether oxygens (including phenoxy) is 1. The highest BCUT2D eigenvalue weighted by molar-refractivity contribution is 6.30. The number of hydrogen-bond acceptors (Lipinski definition) is 3. The van der Waals surface area contributed by atoms with Crippen molar-refractivity contribution in [1.82, 2.24) is 4.98 Å². The molecule has 0 spiro atoms. The van der Waals surface area contributed by atoms with Crippen molar-refractivity contribution in [2.75, 3.05) is 12.4 Å². The number of amides is 1. The molecule has 3 aromatic rings. The SMILES string of the molecule is COc1ccc2nc(C)c(C(=O)Nc3ccc(Cl)cc3C)cc2c1. The number of anilines is 1. The molecular weight excluding hydrogens is 324 g/mol. The van der Waals surface area contributed by atoms with Gasteiger partial charge in [0, 0.05) is 16.1 Å². The van der Waals surface area contributed by atoms with E-state index in [0.29, 0.717) is 16.3 Å². The number of methoxy groups -OCH3 is 1. The Morgan fingerprint density at radius 2 is 1.92 bits per heavy atom. The zero-order valence-corrected chi connectivity index (χ0v) is 14.4. The number of fused-ring (bicyclic) bond motifs is 1. The van der Waals surface area contributed by atoms with Crippen LogP contribution in [-0.2, 0) is 0 Å². The summed E-state index contributed by atoms with van der Waals surface area (Å²) in [7, 11) is 1.61. The van der Waals surface area contributed by atoms with Gasteiger partial charge in [-0.05, 0) is 61.9 Å². The number of benzene rings is 2. The maximum absolute atomic E-state index is 12.7. The molecule has 0 aliphatic carbocycles.